The molecule has 3 heteroatoms. The van der Waals surface area contributed by atoms with Crippen LogP contribution in [-0.4, -0.2) is 12.0 Å². The quantitative estimate of drug-likeness (QED) is 0.471. The minimum absolute atomic E-state index is 0.140. The number of benzene rings is 1. The van der Waals surface area contributed by atoms with E-state index in [4.69, 9.17) is 5.73 Å². The molecular formula is C11H15NOS. The molecule has 0 heterocycles. The van der Waals surface area contributed by atoms with Crippen molar-refractivity contribution in [2.75, 3.05) is 12.0 Å². The molecule has 0 fully saturated rings. The zero-order valence-electron chi connectivity index (χ0n) is 8.54. The molecule has 0 aliphatic heterocycles. The molecule has 0 bridgehead atoms. The first-order chi connectivity index (χ1) is 6.70. The minimum Gasteiger partial charge on any atom is -0.397 e. The zero-order valence-corrected chi connectivity index (χ0v) is 9.36. The van der Waals surface area contributed by atoms with Gasteiger partial charge in [0.25, 0.3) is 0 Å². The van der Waals surface area contributed by atoms with E-state index in [1.54, 1.807) is 17.8 Å². The molecule has 14 heavy (non-hydrogen) atoms. The zero-order chi connectivity index (χ0) is 10.6. The van der Waals surface area contributed by atoms with Crippen molar-refractivity contribution in [3.8, 4) is 0 Å². The number of thioether (sulfide) groups is 1. The Morgan fingerprint density at radius 2 is 2.21 bits per heavy atom. The highest BCUT2D eigenvalue weighted by Crippen LogP contribution is 2.26. The lowest BCUT2D eigenvalue weighted by molar-refractivity contribution is 0.0982. The van der Waals surface area contributed by atoms with Gasteiger partial charge < -0.3 is 5.73 Å². The number of nitrogens with two attached hydrogens (primary N) is 1. The Bertz CT molecular complexity index is 336. The second-order valence-electron chi connectivity index (χ2n) is 3.09. The number of ketones is 1. The molecule has 1 aromatic carbocycles. The molecule has 76 valence electrons. The highest BCUT2D eigenvalue weighted by molar-refractivity contribution is 7.98. The van der Waals surface area contributed by atoms with Crippen molar-refractivity contribution in [1.82, 2.24) is 0 Å². The topological polar surface area (TPSA) is 43.1 Å². The van der Waals surface area contributed by atoms with Gasteiger partial charge in [0.2, 0.25) is 0 Å². The molecule has 0 atom stereocenters. The normalized spacial score (nSPS) is 10.1. The second-order valence-corrected chi connectivity index (χ2v) is 3.94. The van der Waals surface area contributed by atoms with Crippen LogP contribution < -0.4 is 5.73 Å². The highest BCUT2D eigenvalue weighted by atomic mass is 32.2. The van der Waals surface area contributed by atoms with Crippen molar-refractivity contribution in [3.05, 3.63) is 23.8 Å². The van der Waals surface area contributed by atoms with E-state index in [1.165, 1.54) is 0 Å². The molecule has 1 aromatic rings. The van der Waals surface area contributed by atoms with Crippen LogP contribution in [-0.2, 0) is 0 Å². The van der Waals surface area contributed by atoms with Gasteiger partial charge in [0.1, 0.15) is 0 Å². The summed E-state index contributed by atoms with van der Waals surface area (Å²) >= 11 is 1.57. The van der Waals surface area contributed by atoms with Crippen LogP contribution in [0.1, 0.15) is 30.1 Å². The third-order valence-corrected chi connectivity index (χ3v) is 2.86. The predicted octanol–water partition coefficient (Wildman–Crippen LogP) is 2.97. The summed E-state index contributed by atoms with van der Waals surface area (Å²) in [5.41, 5.74) is 7.17. The van der Waals surface area contributed by atoms with E-state index in [9.17, 15) is 4.79 Å². The largest absolute Gasteiger partial charge is 0.397 e. The molecule has 0 spiro atoms. The number of hydrogen-bond donors (Lipinski definition) is 1. The van der Waals surface area contributed by atoms with Gasteiger partial charge in [-0.05, 0) is 24.8 Å². The molecule has 2 N–H and O–H groups in total. The monoisotopic (exact) mass is 209 g/mol. The molecule has 0 aliphatic carbocycles. The van der Waals surface area contributed by atoms with E-state index < -0.39 is 0 Å². The van der Waals surface area contributed by atoms with Gasteiger partial charge in [-0.3, -0.25) is 4.79 Å². The van der Waals surface area contributed by atoms with Gasteiger partial charge in [-0.15, -0.1) is 11.8 Å². The fourth-order valence-corrected chi connectivity index (χ4v) is 1.87. The smallest absolute Gasteiger partial charge is 0.164 e. The Hall–Kier alpha value is -0.960. The summed E-state index contributed by atoms with van der Waals surface area (Å²) in [5, 5.41) is 0. The van der Waals surface area contributed by atoms with Gasteiger partial charge in [-0.1, -0.05) is 13.0 Å². The Balaban J connectivity index is 3.03. The van der Waals surface area contributed by atoms with Gasteiger partial charge in [0.15, 0.2) is 5.78 Å². The first-order valence-corrected chi connectivity index (χ1v) is 5.88. The lowest BCUT2D eigenvalue weighted by Crippen LogP contribution is -2.04. The lowest BCUT2D eigenvalue weighted by atomic mass is 10.1. The van der Waals surface area contributed by atoms with Gasteiger partial charge >= 0.3 is 0 Å². The first kappa shape index (κ1) is 11.1. The van der Waals surface area contributed by atoms with E-state index in [1.807, 2.05) is 25.3 Å². The number of anilines is 1. The van der Waals surface area contributed by atoms with E-state index in [-0.39, 0.29) is 5.78 Å². The lowest BCUT2D eigenvalue weighted by Gasteiger charge is -2.07. The Kier molecular flexibility index (Phi) is 4.01. The minimum atomic E-state index is 0.140. The van der Waals surface area contributed by atoms with Crippen LogP contribution in [0.4, 0.5) is 5.69 Å². The maximum absolute atomic E-state index is 11.6. The van der Waals surface area contributed by atoms with E-state index in [2.05, 4.69) is 0 Å². The van der Waals surface area contributed by atoms with Crippen molar-refractivity contribution in [1.29, 1.82) is 0 Å². The van der Waals surface area contributed by atoms with Crippen molar-refractivity contribution < 1.29 is 4.79 Å². The highest BCUT2D eigenvalue weighted by Gasteiger charge is 2.10. The predicted molar refractivity (Wildman–Crippen MR) is 61.9 cm³/mol. The number of hydrogen-bond acceptors (Lipinski definition) is 3. The molecule has 0 aliphatic rings. The summed E-state index contributed by atoms with van der Waals surface area (Å²) in [6.07, 6.45) is 3.39. The van der Waals surface area contributed by atoms with Gasteiger partial charge in [0.05, 0.1) is 5.69 Å². The SMILES string of the molecule is CCCC(=O)c1cccc(SC)c1N. The van der Waals surface area contributed by atoms with Gasteiger partial charge in [-0.2, -0.15) is 0 Å². The maximum Gasteiger partial charge on any atom is 0.164 e. The summed E-state index contributed by atoms with van der Waals surface area (Å²) in [4.78, 5) is 12.6. The van der Waals surface area contributed by atoms with Crippen molar-refractivity contribution in [3.63, 3.8) is 0 Å². The Morgan fingerprint density at radius 3 is 2.79 bits per heavy atom. The maximum atomic E-state index is 11.6. The van der Waals surface area contributed by atoms with Gasteiger partial charge in [0, 0.05) is 16.9 Å². The molecule has 0 saturated heterocycles. The third kappa shape index (κ3) is 2.29. The Labute approximate surface area is 88.9 Å². The van der Waals surface area contributed by atoms with Crippen molar-refractivity contribution in [2.24, 2.45) is 0 Å². The van der Waals surface area contributed by atoms with Crippen LogP contribution in [0.3, 0.4) is 0 Å². The Morgan fingerprint density at radius 1 is 1.50 bits per heavy atom. The van der Waals surface area contributed by atoms with Crippen molar-refractivity contribution >= 4 is 23.2 Å². The molecule has 0 aromatic heterocycles. The molecule has 0 unspecified atom stereocenters. The fraction of sp³-hybridized carbons (Fsp3) is 0.364. The number of para-hydroxylation sites is 1. The van der Waals surface area contributed by atoms with Crippen LogP contribution in [0.15, 0.2) is 23.1 Å². The average molecular weight is 209 g/mol. The molecular weight excluding hydrogens is 194 g/mol. The molecule has 1 rings (SSSR count). The fourth-order valence-electron chi connectivity index (χ4n) is 1.33. The van der Waals surface area contributed by atoms with Crippen LogP contribution in [0.2, 0.25) is 0 Å². The summed E-state index contributed by atoms with van der Waals surface area (Å²) < 4.78 is 0. The second kappa shape index (κ2) is 5.05. The summed E-state index contributed by atoms with van der Waals surface area (Å²) in [7, 11) is 0. The van der Waals surface area contributed by atoms with E-state index in [0.717, 1.165) is 11.3 Å². The van der Waals surface area contributed by atoms with Crippen LogP contribution in [0.5, 0.6) is 0 Å². The van der Waals surface area contributed by atoms with E-state index >= 15 is 0 Å². The van der Waals surface area contributed by atoms with Crippen LogP contribution in [0.25, 0.3) is 0 Å². The number of nitrogen functional groups attached to an aromatic ring is 1. The number of carbonyl (C=O) groups is 1. The summed E-state index contributed by atoms with van der Waals surface area (Å²) in [5.74, 6) is 0.140. The summed E-state index contributed by atoms with van der Waals surface area (Å²) in [6, 6.07) is 5.61. The molecule has 2 nitrogen and oxygen atoms in total. The molecule has 0 saturated carbocycles. The van der Waals surface area contributed by atoms with Crippen molar-refractivity contribution in [2.45, 2.75) is 24.7 Å². The standard InChI is InChI=1S/C11H15NOS/c1-3-5-9(13)8-6-4-7-10(14-2)11(8)12/h4,6-7H,3,5,12H2,1-2H3. The third-order valence-electron chi connectivity index (χ3n) is 2.06. The number of rotatable bonds is 4. The van der Waals surface area contributed by atoms with Crippen LogP contribution >= 0.6 is 11.8 Å². The summed E-state index contributed by atoms with van der Waals surface area (Å²) in [6.45, 7) is 1.99. The average Bonchev–Trinajstić information content (AvgIpc) is 2.18. The first-order valence-electron chi connectivity index (χ1n) is 4.66. The number of Topliss-reactive ketones (excluding diaryl/α,β-unsaturated/α-hetero) is 1. The molecule has 0 radical (unpaired) electrons. The van der Waals surface area contributed by atoms with Gasteiger partial charge in [-0.25, -0.2) is 0 Å². The van der Waals surface area contributed by atoms with Crippen LogP contribution in [0, 0.1) is 0 Å². The molecule has 0 amide bonds. The number of carbonyl (C=O) groups excluding carboxylic acids is 1. The van der Waals surface area contributed by atoms with E-state index in [0.29, 0.717) is 17.7 Å².